The van der Waals surface area contributed by atoms with E-state index in [0.717, 1.165) is 24.5 Å². The molecule has 4 aliphatic heterocycles. The van der Waals surface area contributed by atoms with Gasteiger partial charge >= 0.3 is 0 Å². The summed E-state index contributed by atoms with van der Waals surface area (Å²) in [4.78, 5) is 34.7. The Morgan fingerprint density at radius 3 is 2.69 bits per heavy atom. The highest BCUT2D eigenvalue weighted by molar-refractivity contribution is 7.15. The molecule has 1 aromatic rings. The van der Waals surface area contributed by atoms with E-state index >= 15 is 0 Å². The van der Waals surface area contributed by atoms with E-state index in [2.05, 4.69) is 29.0 Å². The largest absolute Gasteiger partial charge is 0.351 e. The minimum absolute atomic E-state index is 0.0261. The fourth-order valence-electron chi connectivity index (χ4n) is 4.07. The van der Waals surface area contributed by atoms with E-state index < -0.39 is 0 Å². The van der Waals surface area contributed by atoms with Gasteiger partial charge in [0, 0.05) is 36.3 Å². The van der Waals surface area contributed by atoms with Crippen LogP contribution in [-0.2, 0) is 9.59 Å². The lowest BCUT2D eigenvalue weighted by Crippen LogP contribution is -2.58. The van der Waals surface area contributed by atoms with E-state index in [1.807, 2.05) is 6.20 Å². The Kier molecular flexibility index (Phi) is 4.84. The van der Waals surface area contributed by atoms with Crippen LogP contribution >= 0.6 is 11.3 Å². The van der Waals surface area contributed by atoms with Crippen molar-refractivity contribution in [3.8, 4) is 0 Å². The summed E-state index contributed by atoms with van der Waals surface area (Å²) >= 11 is 1.53. The van der Waals surface area contributed by atoms with Crippen molar-refractivity contribution >= 4 is 28.3 Å². The van der Waals surface area contributed by atoms with Gasteiger partial charge in [0.2, 0.25) is 5.91 Å². The van der Waals surface area contributed by atoms with Crippen LogP contribution in [0.5, 0.6) is 0 Å². The minimum Gasteiger partial charge on any atom is -0.351 e. The van der Waals surface area contributed by atoms with Gasteiger partial charge in [-0.15, -0.1) is 11.3 Å². The van der Waals surface area contributed by atoms with Crippen LogP contribution in [0.15, 0.2) is 18.3 Å². The van der Waals surface area contributed by atoms with Crippen LogP contribution in [0.2, 0.25) is 0 Å². The van der Waals surface area contributed by atoms with Crippen molar-refractivity contribution in [3.63, 3.8) is 0 Å². The second kappa shape index (κ2) is 7.12. The predicted molar refractivity (Wildman–Crippen MR) is 102 cm³/mol. The van der Waals surface area contributed by atoms with Crippen molar-refractivity contribution in [1.29, 1.82) is 0 Å². The van der Waals surface area contributed by atoms with Crippen LogP contribution in [0.3, 0.4) is 0 Å². The zero-order chi connectivity index (χ0) is 18.3. The van der Waals surface area contributed by atoms with E-state index in [1.54, 1.807) is 11.0 Å². The van der Waals surface area contributed by atoms with Crippen LogP contribution in [0.4, 0.5) is 5.13 Å². The zero-order valence-electron chi connectivity index (χ0n) is 15.4. The highest BCUT2D eigenvalue weighted by Gasteiger charge is 2.36. The summed E-state index contributed by atoms with van der Waals surface area (Å²) in [7, 11) is 0. The van der Waals surface area contributed by atoms with Gasteiger partial charge in [0.1, 0.15) is 0 Å². The van der Waals surface area contributed by atoms with Gasteiger partial charge in [0.05, 0.1) is 5.92 Å². The van der Waals surface area contributed by atoms with Gasteiger partial charge in [-0.1, -0.05) is 19.9 Å². The molecule has 1 N–H and O–H groups in total. The molecular weight excluding hydrogens is 348 g/mol. The molecule has 26 heavy (non-hydrogen) atoms. The van der Waals surface area contributed by atoms with Crippen LogP contribution in [-0.4, -0.2) is 53.9 Å². The number of carbonyl (C=O) groups is 2. The number of rotatable bonds is 4. The molecule has 0 aromatic carbocycles. The number of hydrogen-bond donors (Lipinski definition) is 1. The first kappa shape index (κ1) is 17.7. The number of amides is 2. The maximum atomic E-state index is 12.8. The second-order valence-electron chi connectivity index (χ2n) is 7.87. The van der Waals surface area contributed by atoms with Crippen LogP contribution in [0, 0.1) is 11.8 Å². The van der Waals surface area contributed by atoms with E-state index in [0.29, 0.717) is 23.5 Å². The summed E-state index contributed by atoms with van der Waals surface area (Å²) in [6.45, 7) is 7.86. The van der Waals surface area contributed by atoms with Gasteiger partial charge in [-0.3, -0.25) is 14.5 Å². The third kappa shape index (κ3) is 3.42. The highest BCUT2D eigenvalue weighted by Crippen LogP contribution is 2.31. The molecule has 2 atom stereocenters. The molecule has 2 amide bonds. The topological polar surface area (TPSA) is 65.5 Å². The number of aromatic nitrogens is 1. The van der Waals surface area contributed by atoms with Crippen LogP contribution < -0.4 is 10.2 Å². The Labute approximate surface area is 158 Å². The molecule has 3 saturated heterocycles. The quantitative estimate of drug-likeness (QED) is 0.875. The lowest BCUT2D eigenvalue weighted by atomic mass is 9.83. The van der Waals surface area contributed by atoms with Crippen molar-refractivity contribution in [1.82, 2.24) is 15.2 Å². The fourth-order valence-corrected chi connectivity index (χ4v) is 5.00. The Bertz CT molecular complexity index is 721. The molecule has 7 heteroatoms. The van der Waals surface area contributed by atoms with E-state index in [4.69, 9.17) is 0 Å². The Morgan fingerprint density at radius 1 is 1.31 bits per heavy atom. The molecule has 140 valence electrons. The molecule has 1 aromatic heterocycles. The lowest BCUT2D eigenvalue weighted by Gasteiger charge is -2.45. The SMILES string of the molecule is CC(C)c1cnc(N2CC(C(=O)NC3CN4CCC3CC4)C=CC2=O)s1. The summed E-state index contributed by atoms with van der Waals surface area (Å²) in [6, 6.07) is 0.247. The molecule has 6 nitrogen and oxygen atoms in total. The van der Waals surface area contributed by atoms with E-state index in [9.17, 15) is 9.59 Å². The number of fused-ring (bicyclic) bond motifs is 3. The van der Waals surface area contributed by atoms with Gasteiger partial charge in [0.25, 0.3) is 5.91 Å². The molecule has 5 rings (SSSR count). The average Bonchev–Trinajstić information content (AvgIpc) is 3.13. The van der Waals surface area contributed by atoms with Crippen molar-refractivity contribution in [2.24, 2.45) is 11.8 Å². The number of anilines is 1. The molecule has 2 bridgehead atoms. The Hall–Kier alpha value is -1.73. The first-order valence-electron chi connectivity index (χ1n) is 9.49. The number of thiazole rings is 1. The van der Waals surface area contributed by atoms with E-state index in [-0.39, 0.29) is 23.8 Å². The van der Waals surface area contributed by atoms with Crippen molar-refractivity contribution < 1.29 is 9.59 Å². The monoisotopic (exact) mass is 374 g/mol. The average molecular weight is 375 g/mol. The number of piperidine rings is 3. The lowest BCUT2D eigenvalue weighted by molar-refractivity contribution is -0.125. The van der Waals surface area contributed by atoms with Crippen molar-refractivity contribution in [2.75, 3.05) is 31.1 Å². The van der Waals surface area contributed by atoms with Crippen LogP contribution in [0.1, 0.15) is 37.5 Å². The first-order chi connectivity index (χ1) is 12.5. The molecule has 0 radical (unpaired) electrons. The second-order valence-corrected chi connectivity index (χ2v) is 8.91. The molecule has 4 aliphatic rings. The predicted octanol–water partition coefficient (Wildman–Crippen LogP) is 2.00. The summed E-state index contributed by atoms with van der Waals surface area (Å²) in [5.41, 5.74) is 0. The molecule has 3 fully saturated rings. The minimum atomic E-state index is -0.311. The highest BCUT2D eigenvalue weighted by atomic mass is 32.1. The molecule has 0 saturated carbocycles. The zero-order valence-corrected chi connectivity index (χ0v) is 16.2. The van der Waals surface area contributed by atoms with Crippen LogP contribution in [0.25, 0.3) is 0 Å². The fraction of sp³-hybridized carbons (Fsp3) is 0.632. The number of hydrogen-bond acceptors (Lipinski definition) is 5. The van der Waals surface area contributed by atoms with Gasteiger partial charge in [0.15, 0.2) is 5.13 Å². The van der Waals surface area contributed by atoms with Gasteiger partial charge in [-0.05, 0) is 37.8 Å². The normalized spacial score (nSPS) is 30.9. The summed E-state index contributed by atoms with van der Waals surface area (Å²) in [5.74, 6) is 0.601. The standard InChI is InChI=1S/C19H26N4O2S/c1-12(2)16-9-20-19(26-16)23-10-14(3-4-17(23)24)18(25)21-15-11-22-7-5-13(15)6-8-22/h3-4,9,12-15H,5-8,10-11H2,1-2H3,(H,21,25). The summed E-state index contributed by atoms with van der Waals surface area (Å²) < 4.78 is 0. The Morgan fingerprint density at radius 2 is 2.08 bits per heavy atom. The maximum absolute atomic E-state index is 12.8. The number of nitrogens with one attached hydrogen (secondary N) is 1. The first-order valence-corrected chi connectivity index (χ1v) is 10.3. The van der Waals surface area contributed by atoms with Crippen molar-refractivity contribution in [3.05, 3.63) is 23.2 Å². The summed E-state index contributed by atoms with van der Waals surface area (Å²) in [5, 5.41) is 3.93. The molecule has 2 unspecified atom stereocenters. The number of carbonyl (C=O) groups excluding carboxylic acids is 2. The third-order valence-electron chi connectivity index (χ3n) is 5.75. The van der Waals surface area contributed by atoms with Gasteiger partial charge in [-0.2, -0.15) is 0 Å². The maximum Gasteiger partial charge on any atom is 0.252 e. The van der Waals surface area contributed by atoms with E-state index in [1.165, 1.54) is 30.3 Å². The number of nitrogens with zero attached hydrogens (tertiary/aromatic N) is 3. The summed E-state index contributed by atoms with van der Waals surface area (Å²) in [6.07, 6.45) is 7.44. The van der Waals surface area contributed by atoms with Gasteiger partial charge in [-0.25, -0.2) is 4.98 Å². The third-order valence-corrected chi connectivity index (χ3v) is 7.07. The molecular formula is C19H26N4O2S. The van der Waals surface area contributed by atoms with Gasteiger partial charge < -0.3 is 10.2 Å². The molecule has 0 aliphatic carbocycles. The molecule has 5 heterocycles. The Balaban J connectivity index is 1.43. The molecule has 0 spiro atoms. The smallest absolute Gasteiger partial charge is 0.252 e. The van der Waals surface area contributed by atoms with Crippen molar-refractivity contribution in [2.45, 2.75) is 38.6 Å².